The number of para-hydroxylation sites is 1. The van der Waals surface area contributed by atoms with Crippen molar-refractivity contribution in [1.29, 1.82) is 0 Å². The van der Waals surface area contributed by atoms with Crippen molar-refractivity contribution in [2.45, 2.75) is 25.8 Å². The fourth-order valence-electron chi connectivity index (χ4n) is 5.70. The number of terminal acetylenes is 1. The van der Waals surface area contributed by atoms with Crippen molar-refractivity contribution in [3.8, 4) is 24.2 Å². The standard InChI is InChI=1S/C45H64N4O13/c1-2-19-53-24-27-56-22-17-48(44(51)13-14-45(52)49-38-41-9-4-3-7-39(41)11-12-40-8-5-6-10-42(40)49)18-23-57-28-31-59-30-26-55-21-16-47-43(50)15-20-54-25-29-58-32-33-60-34-35-61-36-37-62-46/h1,3-10H,13-38,46H2,(H,47,50). The number of rotatable bonds is 37. The normalized spacial score (nSPS) is 11.7. The first kappa shape index (κ1) is 51.9. The molecule has 0 bridgehead atoms. The van der Waals surface area contributed by atoms with Crippen LogP contribution in [0.3, 0.4) is 0 Å². The predicted octanol–water partition coefficient (Wildman–Crippen LogP) is 1.72. The third kappa shape index (κ3) is 23.7. The second-order valence-corrected chi connectivity index (χ2v) is 13.4. The minimum absolute atomic E-state index is 0.0246. The average molecular weight is 869 g/mol. The van der Waals surface area contributed by atoms with Gasteiger partial charge < -0.3 is 62.6 Å². The molecule has 0 radical (unpaired) electrons. The number of carbonyl (C=O) groups is 3. The number of benzene rings is 2. The largest absolute Gasteiger partial charge is 0.379 e. The van der Waals surface area contributed by atoms with Gasteiger partial charge in [-0.15, -0.1) is 6.42 Å². The summed E-state index contributed by atoms with van der Waals surface area (Å²) in [6.07, 6.45) is 5.51. The smallest absolute Gasteiger partial charge is 0.227 e. The van der Waals surface area contributed by atoms with Gasteiger partial charge in [-0.05, 0) is 23.8 Å². The number of hydrogen-bond donors (Lipinski definition) is 2. The molecule has 17 heteroatoms. The Kier molecular flexibility index (Phi) is 29.3. The molecular formula is C45H64N4O13. The second kappa shape index (κ2) is 35.0. The Labute approximate surface area is 366 Å². The molecule has 3 amide bonds. The first-order chi connectivity index (χ1) is 30.5. The summed E-state index contributed by atoms with van der Waals surface area (Å²) < 4.78 is 49.3. The van der Waals surface area contributed by atoms with Gasteiger partial charge in [-0.1, -0.05) is 48.1 Å². The van der Waals surface area contributed by atoms with Gasteiger partial charge in [0.2, 0.25) is 17.7 Å². The van der Waals surface area contributed by atoms with Gasteiger partial charge in [0.1, 0.15) is 6.61 Å². The Morgan fingerprint density at radius 1 is 0.613 bits per heavy atom. The van der Waals surface area contributed by atoms with Gasteiger partial charge in [-0.25, -0.2) is 5.90 Å². The highest BCUT2D eigenvalue weighted by molar-refractivity contribution is 5.97. The minimum Gasteiger partial charge on any atom is -0.379 e. The molecule has 0 spiro atoms. The Morgan fingerprint density at radius 3 is 1.73 bits per heavy atom. The molecule has 0 atom stereocenters. The molecule has 1 heterocycles. The summed E-state index contributed by atoms with van der Waals surface area (Å²) in [5.74, 6) is 13.3. The van der Waals surface area contributed by atoms with Gasteiger partial charge in [-0.3, -0.25) is 14.4 Å². The third-order valence-corrected chi connectivity index (χ3v) is 8.90. The lowest BCUT2D eigenvalue weighted by Crippen LogP contribution is -2.38. The van der Waals surface area contributed by atoms with Gasteiger partial charge >= 0.3 is 0 Å². The lowest BCUT2D eigenvalue weighted by atomic mass is 10.0. The molecular weight excluding hydrogens is 805 g/mol. The van der Waals surface area contributed by atoms with Crippen LogP contribution < -0.4 is 16.1 Å². The Bertz CT molecular complexity index is 1650. The number of ether oxygens (including phenoxy) is 9. The molecule has 2 aromatic carbocycles. The molecule has 0 unspecified atom stereocenters. The molecule has 3 N–H and O–H groups in total. The van der Waals surface area contributed by atoms with E-state index in [1.807, 2.05) is 48.5 Å². The molecule has 1 aliphatic rings. The van der Waals surface area contributed by atoms with Crippen molar-refractivity contribution in [3.63, 3.8) is 0 Å². The number of hydrogen-bond acceptors (Lipinski definition) is 14. The highest BCUT2D eigenvalue weighted by Crippen LogP contribution is 2.26. The van der Waals surface area contributed by atoms with Gasteiger partial charge in [0.15, 0.2) is 0 Å². The molecule has 0 aromatic heterocycles. The monoisotopic (exact) mass is 868 g/mol. The van der Waals surface area contributed by atoms with Crippen LogP contribution in [0.15, 0.2) is 48.5 Å². The van der Waals surface area contributed by atoms with Crippen LogP contribution in [0.25, 0.3) is 0 Å². The van der Waals surface area contributed by atoms with Crippen molar-refractivity contribution in [3.05, 3.63) is 65.2 Å². The maximum Gasteiger partial charge on any atom is 0.227 e. The maximum atomic E-state index is 13.7. The van der Waals surface area contributed by atoms with E-state index < -0.39 is 0 Å². The minimum atomic E-state index is -0.180. The van der Waals surface area contributed by atoms with E-state index in [2.05, 4.69) is 27.9 Å². The van der Waals surface area contributed by atoms with Crippen molar-refractivity contribution >= 4 is 23.4 Å². The van der Waals surface area contributed by atoms with Crippen molar-refractivity contribution in [2.24, 2.45) is 5.90 Å². The highest BCUT2D eigenvalue weighted by Gasteiger charge is 2.23. The van der Waals surface area contributed by atoms with Crippen LogP contribution in [-0.4, -0.2) is 168 Å². The Balaban J connectivity index is 1.24. The second-order valence-electron chi connectivity index (χ2n) is 13.4. The molecule has 1 aliphatic heterocycles. The molecule has 342 valence electrons. The summed E-state index contributed by atoms with van der Waals surface area (Å²) >= 11 is 0. The zero-order chi connectivity index (χ0) is 44.1. The summed E-state index contributed by atoms with van der Waals surface area (Å²) in [5.41, 5.74) is 3.29. The van der Waals surface area contributed by atoms with Crippen LogP contribution in [0.1, 0.15) is 36.0 Å². The summed E-state index contributed by atoms with van der Waals surface area (Å²) in [6, 6.07) is 15.3. The van der Waals surface area contributed by atoms with E-state index >= 15 is 0 Å². The third-order valence-electron chi connectivity index (χ3n) is 8.90. The van der Waals surface area contributed by atoms with Gasteiger partial charge in [-0.2, -0.15) is 0 Å². The van der Waals surface area contributed by atoms with Crippen LogP contribution in [0.2, 0.25) is 0 Å². The molecule has 3 rings (SSSR count). The molecule has 62 heavy (non-hydrogen) atoms. The number of nitrogens with two attached hydrogens (primary N) is 1. The van der Waals surface area contributed by atoms with E-state index in [9.17, 15) is 14.4 Å². The van der Waals surface area contributed by atoms with Crippen LogP contribution >= 0.6 is 0 Å². The van der Waals surface area contributed by atoms with Crippen LogP contribution in [0.4, 0.5) is 5.69 Å². The first-order valence-electron chi connectivity index (χ1n) is 21.0. The lowest BCUT2D eigenvalue weighted by Gasteiger charge is -2.27. The lowest BCUT2D eigenvalue weighted by molar-refractivity contribution is -0.134. The topological polar surface area (TPSA) is 188 Å². The summed E-state index contributed by atoms with van der Waals surface area (Å²) in [4.78, 5) is 47.0. The number of nitrogens with zero attached hydrogens (tertiary/aromatic N) is 2. The summed E-state index contributed by atoms with van der Waals surface area (Å²) in [6.45, 7) is 8.23. The zero-order valence-corrected chi connectivity index (χ0v) is 35.9. The number of carbonyl (C=O) groups excluding carboxylic acids is 3. The number of fused-ring (bicyclic) bond motifs is 2. The molecule has 0 saturated carbocycles. The van der Waals surface area contributed by atoms with E-state index in [0.29, 0.717) is 132 Å². The number of nitrogens with one attached hydrogen (secondary N) is 1. The van der Waals surface area contributed by atoms with Crippen LogP contribution in [-0.2, 0) is 68.4 Å². The van der Waals surface area contributed by atoms with E-state index in [1.54, 1.807) is 9.80 Å². The maximum absolute atomic E-state index is 13.7. The van der Waals surface area contributed by atoms with Crippen molar-refractivity contribution in [2.75, 3.05) is 150 Å². The SMILES string of the molecule is C#CCOCCOCCN(CCOCCOCCOCCNC(=O)CCOCCOCCOCCOCCON)C(=O)CCC(=O)N1Cc2ccccc2C#Cc2ccccc21. The highest BCUT2D eigenvalue weighted by atomic mass is 16.6. The fraction of sp³-hybridized carbons (Fsp3) is 0.578. The molecule has 0 aliphatic carbocycles. The molecule has 17 nitrogen and oxygen atoms in total. The number of amides is 3. The summed E-state index contributed by atoms with van der Waals surface area (Å²) in [5, 5.41) is 2.79. The van der Waals surface area contributed by atoms with Gasteiger partial charge in [0.25, 0.3) is 0 Å². The molecule has 0 fully saturated rings. The van der Waals surface area contributed by atoms with E-state index in [1.165, 1.54) is 0 Å². The summed E-state index contributed by atoms with van der Waals surface area (Å²) in [7, 11) is 0. The predicted molar refractivity (Wildman–Crippen MR) is 230 cm³/mol. The van der Waals surface area contributed by atoms with E-state index in [0.717, 1.165) is 22.4 Å². The van der Waals surface area contributed by atoms with Gasteiger partial charge in [0.05, 0.1) is 131 Å². The Morgan fingerprint density at radius 2 is 1.11 bits per heavy atom. The van der Waals surface area contributed by atoms with Gasteiger partial charge in [0, 0.05) is 50.0 Å². The van der Waals surface area contributed by atoms with Crippen molar-refractivity contribution in [1.82, 2.24) is 10.2 Å². The number of anilines is 1. The zero-order valence-electron chi connectivity index (χ0n) is 35.9. The average Bonchev–Trinajstić information content (AvgIpc) is 3.28. The van der Waals surface area contributed by atoms with E-state index in [4.69, 9.17) is 55.0 Å². The van der Waals surface area contributed by atoms with E-state index in [-0.39, 0.29) is 56.8 Å². The molecule has 0 saturated heterocycles. The quantitative estimate of drug-likeness (QED) is 0.0568. The fourth-order valence-corrected chi connectivity index (χ4v) is 5.70. The molecule has 2 aromatic rings. The Hall–Kier alpha value is -4.47. The first-order valence-corrected chi connectivity index (χ1v) is 21.0. The van der Waals surface area contributed by atoms with Crippen LogP contribution in [0.5, 0.6) is 0 Å². The van der Waals surface area contributed by atoms with Crippen molar-refractivity contribution < 1.29 is 61.9 Å². The van der Waals surface area contributed by atoms with Crippen LogP contribution in [0, 0.1) is 24.2 Å².